The summed E-state index contributed by atoms with van der Waals surface area (Å²) in [7, 11) is 0. The zero-order chi connectivity index (χ0) is 27.6. The van der Waals surface area contributed by atoms with Crippen molar-refractivity contribution in [2.24, 2.45) is 11.8 Å². The number of carbonyl (C=O) groups is 2. The Labute approximate surface area is 257 Å². The van der Waals surface area contributed by atoms with Gasteiger partial charge in [0.15, 0.2) is 0 Å². The Morgan fingerprint density at radius 1 is 1.00 bits per heavy atom. The minimum Gasteiger partial charge on any atom is -0.550 e. The Morgan fingerprint density at radius 2 is 1.62 bits per heavy atom. The summed E-state index contributed by atoms with van der Waals surface area (Å²) in [6.07, 6.45) is -3.35. The van der Waals surface area contributed by atoms with E-state index in [2.05, 4.69) is 5.32 Å². The van der Waals surface area contributed by atoms with Gasteiger partial charge in [-0.1, -0.05) is 78.7 Å². The average molecular weight is 586 g/mol. The number of amides is 1. The summed E-state index contributed by atoms with van der Waals surface area (Å²) in [5, 5.41) is 15.0. The minimum atomic E-state index is -4.66. The molecule has 0 saturated heterocycles. The van der Waals surface area contributed by atoms with Crippen LogP contribution in [0, 0.1) is 11.8 Å². The fraction of sp³-hybridized carbons (Fsp3) is 0.310. The summed E-state index contributed by atoms with van der Waals surface area (Å²) in [6, 6.07) is 17.8. The number of carboxylic acid groups (broad SMARTS) is 1. The molecular weight excluding hydrogens is 561 g/mol. The molecule has 1 fully saturated rings. The van der Waals surface area contributed by atoms with E-state index in [4.69, 9.17) is 23.2 Å². The van der Waals surface area contributed by atoms with Crippen molar-refractivity contribution < 1.29 is 57.4 Å². The fourth-order valence-electron chi connectivity index (χ4n) is 4.86. The molecule has 10 heteroatoms. The van der Waals surface area contributed by atoms with Crippen LogP contribution >= 0.6 is 23.2 Å². The number of alkyl halides is 3. The molecule has 0 bridgehead atoms. The van der Waals surface area contributed by atoms with Crippen molar-refractivity contribution >= 4 is 40.8 Å². The smallest absolute Gasteiger partial charge is 0.550 e. The molecule has 4 rings (SSSR count). The Balaban J connectivity index is 0.00000420. The zero-order valence-electron chi connectivity index (χ0n) is 21.4. The molecule has 200 valence electrons. The number of aliphatic carboxylic acids is 1. The van der Waals surface area contributed by atoms with Gasteiger partial charge >= 0.3 is 35.7 Å². The average Bonchev–Trinajstić information content (AvgIpc) is 3.70. The first-order valence-electron chi connectivity index (χ1n) is 12.2. The van der Waals surface area contributed by atoms with Crippen molar-refractivity contribution in [2.75, 3.05) is 5.32 Å². The molecule has 0 unspecified atom stereocenters. The summed E-state index contributed by atoms with van der Waals surface area (Å²) in [6.45, 7) is 0.957. The molecule has 0 spiro atoms. The van der Waals surface area contributed by atoms with E-state index in [1.807, 2.05) is 0 Å². The minimum absolute atomic E-state index is 0. The van der Waals surface area contributed by atoms with Gasteiger partial charge in [0.1, 0.15) is 0 Å². The van der Waals surface area contributed by atoms with Crippen LogP contribution in [0.15, 0.2) is 66.7 Å². The van der Waals surface area contributed by atoms with Gasteiger partial charge in [0, 0.05) is 16.6 Å². The Morgan fingerprint density at radius 3 is 2.15 bits per heavy atom. The first-order valence-corrected chi connectivity index (χ1v) is 12.9. The second-order valence-corrected chi connectivity index (χ2v) is 10.5. The standard InChI is InChI=1S/C29H26Cl2F3NO3.Na/c1-16(29(32,33)34)25(19-9-11-20(30)12-10-19)28(38)35-27-21(22(15-24(36)37)17-7-8-17)13-14-23(31)26(27)18-5-3-2-4-6-18;/h2-6,9-14,16-17,22,25H,7-8,15H2,1H3,(H,35,38)(H,36,37);/q;+1/p-1/t16-,22+,25+;/m1./s1. The van der Waals surface area contributed by atoms with E-state index in [9.17, 15) is 27.9 Å². The number of nitrogens with one attached hydrogen (secondary N) is 1. The van der Waals surface area contributed by atoms with Crippen LogP contribution in [0.2, 0.25) is 10.0 Å². The van der Waals surface area contributed by atoms with Gasteiger partial charge in [0.25, 0.3) is 0 Å². The largest absolute Gasteiger partial charge is 1.00 e. The maximum Gasteiger partial charge on any atom is 1.00 e. The van der Waals surface area contributed by atoms with Crippen LogP contribution in [0.5, 0.6) is 0 Å². The number of benzene rings is 3. The fourth-order valence-corrected chi connectivity index (χ4v) is 5.25. The summed E-state index contributed by atoms with van der Waals surface area (Å²) >= 11 is 12.5. The Kier molecular flexibility index (Phi) is 10.6. The third-order valence-electron chi connectivity index (χ3n) is 7.00. The van der Waals surface area contributed by atoms with Crippen molar-refractivity contribution in [3.8, 4) is 11.1 Å². The molecule has 0 heterocycles. The summed E-state index contributed by atoms with van der Waals surface area (Å²) in [5.74, 6) is -6.20. The van der Waals surface area contributed by atoms with Gasteiger partial charge in [0.05, 0.1) is 22.5 Å². The van der Waals surface area contributed by atoms with E-state index in [1.165, 1.54) is 24.3 Å². The number of rotatable bonds is 9. The van der Waals surface area contributed by atoms with Crippen LogP contribution in [-0.4, -0.2) is 18.1 Å². The molecule has 1 amide bonds. The molecule has 3 aromatic rings. The third-order valence-corrected chi connectivity index (χ3v) is 7.57. The topological polar surface area (TPSA) is 69.2 Å². The van der Waals surface area contributed by atoms with Crippen molar-refractivity contribution in [1.82, 2.24) is 0 Å². The predicted octanol–water partition coefficient (Wildman–Crippen LogP) is 4.22. The summed E-state index contributed by atoms with van der Waals surface area (Å²) < 4.78 is 41.8. The molecule has 1 N–H and O–H groups in total. The zero-order valence-corrected chi connectivity index (χ0v) is 24.9. The van der Waals surface area contributed by atoms with Crippen molar-refractivity contribution in [3.05, 3.63) is 87.9 Å². The van der Waals surface area contributed by atoms with E-state index < -0.39 is 35.8 Å². The van der Waals surface area contributed by atoms with Crippen LogP contribution < -0.4 is 40.0 Å². The van der Waals surface area contributed by atoms with E-state index in [1.54, 1.807) is 42.5 Å². The molecule has 39 heavy (non-hydrogen) atoms. The van der Waals surface area contributed by atoms with Crippen LogP contribution in [0.3, 0.4) is 0 Å². The summed E-state index contributed by atoms with van der Waals surface area (Å²) in [4.78, 5) is 25.4. The van der Waals surface area contributed by atoms with Crippen LogP contribution in [0.4, 0.5) is 18.9 Å². The van der Waals surface area contributed by atoms with Gasteiger partial charge in [-0.25, -0.2) is 0 Å². The van der Waals surface area contributed by atoms with Crippen molar-refractivity contribution in [1.29, 1.82) is 0 Å². The molecule has 4 nitrogen and oxygen atoms in total. The van der Waals surface area contributed by atoms with Gasteiger partial charge in [-0.15, -0.1) is 0 Å². The second-order valence-electron chi connectivity index (χ2n) is 9.62. The molecule has 0 aromatic heterocycles. The SMILES string of the molecule is C[C@H]([C@H](C(=O)Nc1c([C@@H](CC(=O)[O-])C2CC2)ccc(Cl)c1-c1ccccc1)c1ccc(Cl)cc1)C(F)(F)F.[Na+]. The maximum absolute atomic E-state index is 13.9. The molecule has 0 aliphatic heterocycles. The third kappa shape index (κ3) is 7.59. The molecule has 3 aromatic carbocycles. The van der Waals surface area contributed by atoms with E-state index in [0.717, 1.165) is 19.8 Å². The number of carboxylic acids is 1. The normalized spacial score (nSPS) is 15.5. The van der Waals surface area contributed by atoms with Gasteiger partial charge in [-0.05, 0) is 66.0 Å². The first kappa shape index (κ1) is 31.5. The summed E-state index contributed by atoms with van der Waals surface area (Å²) in [5.41, 5.74) is 1.90. The number of hydrogen-bond acceptors (Lipinski definition) is 3. The number of hydrogen-bond donors (Lipinski definition) is 1. The van der Waals surface area contributed by atoms with Gasteiger partial charge in [0.2, 0.25) is 5.91 Å². The van der Waals surface area contributed by atoms with Crippen LogP contribution in [-0.2, 0) is 9.59 Å². The van der Waals surface area contributed by atoms with E-state index >= 15 is 0 Å². The van der Waals surface area contributed by atoms with Crippen molar-refractivity contribution in [3.63, 3.8) is 0 Å². The molecule has 1 aliphatic carbocycles. The number of halogens is 5. The van der Waals surface area contributed by atoms with Crippen molar-refractivity contribution in [2.45, 2.75) is 44.2 Å². The number of anilines is 1. The van der Waals surface area contributed by atoms with Crippen LogP contribution in [0.1, 0.15) is 49.1 Å². The monoisotopic (exact) mass is 585 g/mol. The molecule has 1 aliphatic rings. The predicted molar refractivity (Wildman–Crippen MR) is 140 cm³/mol. The van der Waals surface area contributed by atoms with Gasteiger partial charge in [-0.3, -0.25) is 4.79 Å². The number of carbonyl (C=O) groups excluding carboxylic acids is 2. The Bertz CT molecular complexity index is 1320. The van der Waals surface area contributed by atoms with Gasteiger partial charge in [-0.2, -0.15) is 13.2 Å². The van der Waals surface area contributed by atoms with E-state index in [0.29, 0.717) is 21.7 Å². The first-order chi connectivity index (χ1) is 18.0. The van der Waals surface area contributed by atoms with Gasteiger partial charge < -0.3 is 15.2 Å². The molecule has 1 saturated carbocycles. The molecule has 3 atom stereocenters. The second kappa shape index (κ2) is 13.1. The van der Waals surface area contributed by atoms with Crippen LogP contribution in [0.25, 0.3) is 11.1 Å². The molecular formula is C29H25Cl2F3NNaO3. The quantitative estimate of drug-likeness (QED) is 0.382. The maximum atomic E-state index is 13.9. The van der Waals surface area contributed by atoms with E-state index in [-0.39, 0.29) is 58.2 Å². The molecule has 0 radical (unpaired) electrons. The Hall–Kier alpha value is -2.03.